The molecule has 0 saturated carbocycles. The van der Waals surface area contributed by atoms with Crippen molar-refractivity contribution >= 4 is 16.6 Å². The molecule has 1 unspecified atom stereocenters. The molecule has 4 heteroatoms. The summed E-state index contributed by atoms with van der Waals surface area (Å²) in [6.07, 6.45) is 1.98. The van der Waals surface area contributed by atoms with E-state index in [9.17, 15) is 10.1 Å². The Balaban J connectivity index is 2.07. The van der Waals surface area contributed by atoms with Gasteiger partial charge in [0.15, 0.2) is 0 Å². The van der Waals surface area contributed by atoms with Crippen molar-refractivity contribution in [3.8, 4) is 0 Å². The molecular weight excluding hydrogens is 252 g/mol. The molecule has 4 nitrogen and oxygen atoms in total. The van der Waals surface area contributed by atoms with E-state index in [0.717, 1.165) is 10.9 Å². The van der Waals surface area contributed by atoms with Gasteiger partial charge in [-0.25, -0.2) is 0 Å². The van der Waals surface area contributed by atoms with Crippen LogP contribution in [-0.2, 0) is 0 Å². The zero-order valence-electron chi connectivity index (χ0n) is 11.1. The van der Waals surface area contributed by atoms with Crippen LogP contribution >= 0.6 is 0 Å². The minimum atomic E-state index is -0.364. The van der Waals surface area contributed by atoms with Gasteiger partial charge in [-0.3, -0.25) is 10.1 Å². The van der Waals surface area contributed by atoms with E-state index in [-0.39, 0.29) is 16.7 Å². The van der Waals surface area contributed by atoms with Gasteiger partial charge in [0, 0.05) is 29.2 Å². The van der Waals surface area contributed by atoms with Gasteiger partial charge >= 0.3 is 0 Å². The van der Waals surface area contributed by atoms with Crippen LogP contribution < -0.4 is 0 Å². The van der Waals surface area contributed by atoms with Crippen molar-refractivity contribution in [2.45, 2.75) is 13.0 Å². The quantitative estimate of drug-likeness (QED) is 0.528. The SMILES string of the molecule is CC(c1ccccc1)n1ccc2cc([N+](=O)[O-])ccc21. The predicted molar refractivity (Wildman–Crippen MR) is 78.8 cm³/mol. The number of non-ortho nitro benzene ring substituents is 1. The molecule has 0 aliphatic carbocycles. The molecule has 0 N–H and O–H groups in total. The highest BCUT2D eigenvalue weighted by atomic mass is 16.6. The number of hydrogen-bond donors (Lipinski definition) is 0. The minimum absolute atomic E-state index is 0.127. The summed E-state index contributed by atoms with van der Waals surface area (Å²) >= 11 is 0. The molecule has 0 aliphatic rings. The molecule has 1 heterocycles. The number of rotatable bonds is 3. The van der Waals surface area contributed by atoms with Crippen LogP contribution in [0.1, 0.15) is 18.5 Å². The number of hydrogen-bond acceptors (Lipinski definition) is 2. The summed E-state index contributed by atoms with van der Waals surface area (Å²) < 4.78 is 2.13. The van der Waals surface area contributed by atoms with E-state index in [1.54, 1.807) is 12.1 Å². The van der Waals surface area contributed by atoms with Gasteiger partial charge in [0.25, 0.3) is 5.69 Å². The first-order valence-corrected chi connectivity index (χ1v) is 6.47. The highest BCUT2D eigenvalue weighted by Crippen LogP contribution is 2.27. The molecule has 100 valence electrons. The van der Waals surface area contributed by atoms with Crippen LogP contribution in [0, 0.1) is 10.1 Å². The lowest BCUT2D eigenvalue weighted by Gasteiger charge is -2.15. The van der Waals surface area contributed by atoms with E-state index in [2.05, 4.69) is 23.6 Å². The van der Waals surface area contributed by atoms with E-state index in [1.807, 2.05) is 36.5 Å². The van der Waals surface area contributed by atoms with Crippen molar-refractivity contribution in [3.63, 3.8) is 0 Å². The fourth-order valence-electron chi connectivity index (χ4n) is 2.49. The predicted octanol–water partition coefficient (Wildman–Crippen LogP) is 4.16. The normalized spacial score (nSPS) is 12.4. The van der Waals surface area contributed by atoms with E-state index >= 15 is 0 Å². The highest BCUT2D eigenvalue weighted by molar-refractivity contribution is 5.82. The summed E-state index contributed by atoms with van der Waals surface area (Å²) in [5.74, 6) is 0. The third-order valence-corrected chi connectivity index (χ3v) is 3.61. The van der Waals surface area contributed by atoms with Gasteiger partial charge in [-0.2, -0.15) is 0 Å². The zero-order valence-corrected chi connectivity index (χ0v) is 11.1. The lowest BCUT2D eigenvalue weighted by molar-refractivity contribution is -0.384. The smallest absolute Gasteiger partial charge is 0.270 e. The standard InChI is InChI=1S/C16H14N2O2/c1-12(13-5-3-2-4-6-13)17-10-9-14-11-15(18(19)20)7-8-16(14)17/h2-12H,1H3. The zero-order chi connectivity index (χ0) is 14.1. The van der Waals surface area contributed by atoms with E-state index in [1.165, 1.54) is 5.56 Å². The van der Waals surface area contributed by atoms with Gasteiger partial charge in [0.05, 0.1) is 11.0 Å². The average molecular weight is 266 g/mol. The maximum Gasteiger partial charge on any atom is 0.270 e. The Labute approximate surface area is 116 Å². The second-order valence-electron chi connectivity index (χ2n) is 4.81. The molecule has 1 atom stereocenters. The van der Waals surface area contributed by atoms with Crippen molar-refractivity contribution in [2.24, 2.45) is 0 Å². The van der Waals surface area contributed by atoms with Crippen molar-refractivity contribution in [2.75, 3.05) is 0 Å². The maximum absolute atomic E-state index is 10.8. The summed E-state index contributed by atoms with van der Waals surface area (Å²) in [6.45, 7) is 2.12. The molecule has 0 fully saturated rings. The Morgan fingerprint density at radius 3 is 2.55 bits per heavy atom. The number of aromatic nitrogens is 1. The van der Waals surface area contributed by atoms with Crippen molar-refractivity contribution < 1.29 is 4.92 Å². The Morgan fingerprint density at radius 2 is 1.85 bits per heavy atom. The maximum atomic E-state index is 10.8. The Hall–Kier alpha value is -2.62. The van der Waals surface area contributed by atoms with Crippen LogP contribution in [0.2, 0.25) is 0 Å². The Bertz CT molecular complexity index is 763. The van der Waals surface area contributed by atoms with Gasteiger partial charge in [-0.05, 0) is 24.6 Å². The highest BCUT2D eigenvalue weighted by Gasteiger charge is 2.13. The molecule has 3 aromatic rings. The van der Waals surface area contributed by atoms with E-state index in [0.29, 0.717) is 0 Å². The van der Waals surface area contributed by atoms with Crippen LogP contribution in [0.5, 0.6) is 0 Å². The average Bonchev–Trinajstić information content (AvgIpc) is 2.90. The molecule has 0 aliphatic heterocycles. The summed E-state index contributed by atoms with van der Waals surface area (Å²) in [5, 5.41) is 11.7. The van der Waals surface area contributed by atoms with Gasteiger partial charge in [0.1, 0.15) is 0 Å². The van der Waals surface area contributed by atoms with E-state index < -0.39 is 0 Å². The largest absolute Gasteiger partial charge is 0.340 e. The first-order valence-electron chi connectivity index (χ1n) is 6.47. The molecule has 0 spiro atoms. The molecule has 1 aromatic heterocycles. The van der Waals surface area contributed by atoms with E-state index in [4.69, 9.17) is 0 Å². The lowest BCUT2D eigenvalue weighted by Crippen LogP contribution is -2.04. The minimum Gasteiger partial charge on any atom is -0.340 e. The second-order valence-corrected chi connectivity index (χ2v) is 4.81. The van der Waals surface area contributed by atoms with Crippen molar-refractivity contribution in [1.29, 1.82) is 0 Å². The molecule has 3 rings (SSSR count). The van der Waals surface area contributed by atoms with Crippen LogP contribution in [-0.4, -0.2) is 9.49 Å². The lowest BCUT2D eigenvalue weighted by atomic mass is 10.1. The fraction of sp³-hybridized carbons (Fsp3) is 0.125. The molecule has 0 bridgehead atoms. The monoisotopic (exact) mass is 266 g/mol. The number of nitro benzene ring substituents is 1. The van der Waals surface area contributed by atoms with Crippen LogP contribution in [0.25, 0.3) is 10.9 Å². The molecular formula is C16H14N2O2. The topological polar surface area (TPSA) is 48.1 Å². The van der Waals surface area contributed by atoms with Gasteiger partial charge in [0.2, 0.25) is 0 Å². The van der Waals surface area contributed by atoms with Crippen LogP contribution in [0.3, 0.4) is 0 Å². The molecule has 0 amide bonds. The molecule has 0 radical (unpaired) electrons. The number of benzene rings is 2. The summed E-state index contributed by atoms with van der Waals surface area (Å²) in [4.78, 5) is 10.4. The van der Waals surface area contributed by atoms with Gasteiger partial charge < -0.3 is 4.57 Å². The Kier molecular flexibility index (Phi) is 2.99. The number of fused-ring (bicyclic) bond motifs is 1. The van der Waals surface area contributed by atoms with Crippen molar-refractivity contribution in [1.82, 2.24) is 4.57 Å². The Morgan fingerprint density at radius 1 is 1.10 bits per heavy atom. The summed E-state index contributed by atoms with van der Waals surface area (Å²) in [7, 11) is 0. The molecule has 0 saturated heterocycles. The second kappa shape index (κ2) is 4.81. The van der Waals surface area contributed by atoms with Crippen LogP contribution in [0.4, 0.5) is 5.69 Å². The number of nitro groups is 1. The summed E-state index contributed by atoms with van der Waals surface area (Å²) in [5.41, 5.74) is 2.35. The number of nitrogens with zero attached hydrogens (tertiary/aromatic N) is 2. The van der Waals surface area contributed by atoms with Gasteiger partial charge in [-0.1, -0.05) is 30.3 Å². The summed E-state index contributed by atoms with van der Waals surface area (Å²) in [6, 6.07) is 17.3. The molecule has 20 heavy (non-hydrogen) atoms. The van der Waals surface area contributed by atoms with Gasteiger partial charge in [-0.15, -0.1) is 0 Å². The first-order chi connectivity index (χ1) is 9.66. The third-order valence-electron chi connectivity index (χ3n) is 3.61. The van der Waals surface area contributed by atoms with Crippen molar-refractivity contribution in [3.05, 3.63) is 76.5 Å². The first kappa shape index (κ1) is 12.4. The third kappa shape index (κ3) is 2.05. The van der Waals surface area contributed by atoms with Crippen LogP contribution in [0.15, 0.2) is 60.8 Å². The fourth-order valence-corrected chi connectivity index (χ4v) is 2.49. The molecule has 2 aromatic carbocycles.